The van der Waals surface area contributed by atoms with Crippen LogP contribution in [0.25, 0.3) is 0 Å². The maximum Gasteiger partial charge on any atom is 0.100 e. The summed E-state index contributed by atoms with van der Waals surface area (Å²) in [5, 5.41) is 13.3. The number of nitrogens with one attached hydrogen (secondary N) is 1. The standard InChI is InChI=1S/C16H15ClN2S/c1-19-11-16(12-5-3-2-4-6-12)20-15-9-14(17)8-7-13(15)10-18/h2-9,16,19H,11H2,1H3/t16-/m1/s1. The van der Waals surface area contributed by atoms with E-state index in [1.165, 1.54) is 5.56 Å². The largest absolute Gasteiger partial charge is 0.318 e. The zero-order valence-electron chi connectivity index (χ0n) is 11.1. The van der Waals surface area contributed by atoms with E-state index in [1.807, 2.05) is 31.3 Å². The third-order valence-corrected chi connectivity index (χ3v) is 4.44. The number of rotatable bonds is 5. The molecular weight excluding hydrogens is 288 g/mol. The first kappa shape index (κ1) is 14.9. The van der Waals surface area contributed by atoms with Gasteiger partial charge in [-0.05, 0) is 30.8 Å². The number of halogens is 1. The summed E-state index contributed by atoms with van der Waals surface area (Å²) in [6.45, 7) is 0.825. The summed E-state index contributed by atoms with van der Waals surface area (Å²) < 4.78 is 0. The van der Waals surface area contributed by atoms with Crippen LogP contribution >= 0.6 is 23.4 Å². The Morgan fingerprint density at radius 3 is 2.65 bits per heavy atom. The van der Waals surface area contributed by atoms with Crippen LogP contribution in [0.4, 0.5) is 0 Å². The minimum absolute atomic E-state index is 0.242. The Kier molecular flexibility index (Phi) is 5.49. The monoisotopic (exact) mass is 302 g/mol. The number of thioether (sulfide) groups is 1. The minimum Gasteiger partial charge on any atom is -0.318 e. The number of benzene rings is 2. The quantitative estimate of drug-likeness (QED) is 0.838. The Labute approximate surface area is 128 Å². The van der Waals surface area contributed by atoms with Gasteiger partial charge in [0.15, 0.2) is 0 Å². The van der Waals surface area contributed by atoms with Crippen molar-refractivity contribution in [3.63, 3.8) is 0 Å². The number of hydrogen-bond donors (Lipinski definition) is 1. The second-order valence-electron chi connectivity index (χ2n) is 4.33. The van der Waals surface area contributed by atoms with Gasteiger partial charge in [0.1, 0.15) is 6.07 Å². The van der Waals surface area contributed by atoms with Gasteiger partial charge >= 0.3 is 0 Å². The van der Waals surface area contributed by atoms with E-state index in [0.717, 1.165) is 11.4 Å². The Morgan fingerprint density at radius 1 is 1.25 bits per heavy atom. The van der Waals surface area contributed by atoms with Gasteiger partial charge in [-0.15, -0.1) is 11.8 Å². The molecule has 1 atom stereocenters. The van der Waals surface area contributed by atoms with Gasteiger partial charge in [0, 0.05) is 21.7 Å². The van der Waals surface area contributed by atoms with Gasteiger partial charge in [-0.1, -0.05) is 41.9 Å². The highest BCUT2D eigenvalue weighted by molar-refractivity contribution is 7.99. The fraction of sp³-hybridized carbons (Fsp3) is 0.188. The van der Waals surface area contributed by atoms with Crippen molar-refractivity contribution in [2.45, 2.75) is 10.1 Å². The first-order valence-corrected chi connectivity index (χ1v) is 7.56. The molecule has 2 aromatic rings. The van der Waals surface area contributed by atoms with Crippen LogP contribution in [0.2, 0.25) is 5.02 Å². The summed E-state index contributed by atoms with van der Waals surface area (Å²) in [5.74, 6) is 0. The van der Waals surface area contributed by atoms with Gasteiger partial charge in [-0.25, -0.2) is 0 Å². The summed E-state index contributed by atoms with van der Waals surface area (Å²) in [7, 11) is 1.93. The minimum atomic E-state index is 0.242. The molecule has 102 valence electrons. The molecule has 2 aromatic carbocycles. The maximum atomic E-state index is 9.20. The highest BCUT2D eigenvalue weighted by atomic mass is 35.5. The molecule has 4 heteroatoms. The molecule has 0 aromatic heterocycles. The van der Waals surface area contributed by atoms with Crippen LogP contribution in [-0.4, -0.2) is 13.6 Å². The second-order valence-corrected chi connectivity index (χ2v) is 6.01. The Balaban J connectivity index is 2.29. The van der Waals surface area contributed by atoms with Crippen molar-refractivity contribution < 1.29 is 0 Å². The van der Waals surface area contributed by atoms with E-state index in [2.05, 4.69) is 23.5 Å². The van der Waals surface area contributed by atoms with Crippen molar-refractivity contribution >= 4 is 23.4 Å². The van der Waals surface area contributed by atoms with Crippen LogP contribution in [-0.2, 0) is 0 Å². The lowest BCUT2D eigenvalue weighted by Gasteiger charge is -2.17. The number of hydrogen-bond acceptors (Lipinski definition) is 3. The smallest absolute Gasteiger partial charge is 0.100 e. The molecule has 0 amide bonds. The maximum absolute atomic E-state index is 9.20. The van der Waals surface area contributed by atoms with E-state index in [4.69, 9.17) is 11.6 Å². The van der Waals surface area contributed by atoms with E-state index in [0.29, 0.717) is 10.6 Å². The Hall–Kier alpha value is -1.47. The topological polar surface area (TPSA) is 35.8 Å². The van der Waals surface area contributed by atoms with Crippen LogP contribution in [0.15, 0.2) is 53.4 Å². The van der Waals surface area contributed by atoms with Crippen molar-refractivity contribution in [1.29, 1.82) is 5.26 Å². The van der Waals surface area contributed by atoms with Gasteiger partial charge in [0.25, 0.3) is 0 Å². The molecule has 0 heterocycles. The molecule has 20 heavy (non-hydrogen) atoms. The summed E-state index contributed by atoms with van der Waals surface area (Å²) in [5.41, 5.74) is 1.90. The molecule has 1 N–H and O–H groups in total. The first-order valence-electron chi connectivity index (χ1n) is 6.30. The fourth-order valence-electron chi connectivity index (χ4n) is 1.92. The van der Waals surface area contributed by atoms with E-state index in [1.54, 1.807) is 23.9 Å². The number of likely N-dealkylation sites (N-methyl/N-ethyl adjacent to an activating group) is 1. The van der Waals surface area contributed by atoms with Crippen molar-refractivity contribution in [2.75, 3.05) is 13.6 Å². The molecule has 0 aliphatic rings. The zero-order chi connectivity index (χ0) is 14.4. The average molecular weight is 303 g/mol. The lowest BCUT2D eigenvalue weighted by atomic mass is 10.1. The molecule has 0 radical (unpaired) electrons. The fourth-order valence-corrected chi connectivity index (χ4v) is 3.44. The van der Waals surface area contributed by atoms with Gasteiger partial charge in [-0.3, -0.25) is 0 Å². The molecule has 0 unspecified atom stereocenters. The van der Waals surface area contributed by atoms with Gasteiger partial charge in [0.2, 0.25) is 0 Å². The molecular formula is C16H15ClN2S. The summed E-state index contributed by atoms with van der Waals surface area (Å²) in [6, 6.07) is 17.9. The lowest BCUT2D eigenvalue weighted by molar-refractivity contribution is 0.777. The Morgan fingerprint density at radius 2 is 2.00 bits per heavy atom. The van der Waals surface area contributed by atoms with Crippen LogP contribution in [0.3, 0.4) is 0 Å². The molecule has 0 saturated heterocycles. The van der Waals surface area contributed by atoms with Gasteiger partial charge in [0.05, 0.1) is 5.56 Å². The van der Waals surface area contributed by atoms with Gasteiger partial charge in [-0.2, -0.15) is 5.26 Å². The molecule has 0 bridgehead atoms. The molecule has 0 fully saturated rings. The molecule has 2 nitrogen and oxygen atoms in total. The summed E-state index contributed by atoms with van der Waals surface area (Å²) >= 11 is 7.70. The van der Waals surface area contributed by atoms with Crippen LogP contribution in [0.5, 0.6) is 0 Å². The van der Waals surface area contributed by atoms with E-state index < -0.39 is 0 Å². The van der Waals surface area contributed by atoms with Crippen molar-refractivity contribution in [3.05, 3.63) is 64.7 Å². The summed E-state index contributed by atoms with van der Waals surface area (Å²) in [6.07, 6.45) is 0. The van der Waals surface area contributed by atoms with Crippen molar-refractivity contribution in [1.82, 2.24) is 5.32 Å². The Bertz CT molecular complexity index is 608. The van der Waals surface area contributed by atoms with E-state index >= 15 is 0 Å². The number of nitrogens with zero attached hydrogens (tertiary/aromatic N) is 1. The van der Waals surface area contributed by atoms with E-state index in [9.17, 15) is 5.26 Å². The molecule has 0 saturated carbocycles. The zero-order valence-corrected chi connectivity index (χ0v) is 12.7. The van der Waals surface area contributed by atoms with E-state index in [-0.39, 0.29) is 5.25 Å². The van der Waals surface area contributed by atoms with Crippen LogP contribution in [0.1, 0.15) is 16.4 Å². The van der Waals surface area contributed by atoms with Crippen molar-refractivity contribution in [3.8, 4) is 6.07 Å². The highest BCUT2D eigenvalue weighted by Gasteiger charge is 2.14. The normalized spacial score (nSPS) is 11.8. The predicted molar refractivity (Wildman–Crippen MR) is 85.1 cm³/mol. The highest BCUT2D eigenvalue weighted by Crippen LogP contribution is 2.37. The predicted octanol–water partition coefficient (Wildman–Crippen LogP) is 4.26. The molecule has 2 rings (SSSR count). The lowest BCUT2D eigenvalue weighted by Crippen LogP contribution is -2.15. The summed E-state index contributed by atoms with van der Waals surface area (Å²) in [4.78, 5) is 0.920. The van der Waals surface area contributed by atoms with Gasteiger partial charge < -0.3 is 5.32 Å². The van der Waals surface area contributed by atoms with Crippen LogP contribution < -0.4 is 5.32 Å². The molecule has 0 spiro atoms. The second kappa shape index (κ2) is 7.35. The number of nitriles is 1. The first-order chi connectivity index (χ1) is 9.74. The van der Waals surface area contributed by atoms with Crippen LogP contribution in [0, 0.1) is 11.3 Å². The molecule has 0 aliphatic heterocycles. The average Bonchev–Trinajstić information content (AvgIpc) is 2.48. The third-order valence-electron chi connectivity index (χ3n) is 2.89. The van der Waals surface area contributed by atoms with Crippen molar-refractivity contribution in [2.24, 2.45) is 0 Å². The third kappa shape index (κ3) is 3.77. The SMILES string of the molecule is CNC[C@@H](Sc1cc(Cl)ccc1C#N)c1ccccc1. The molecule has 0 aliphatic carbocycles.